The number of methoxy groups -OCH3 is 1. The lowest BCUT2D eigenvalue weighted by Gasteiger charge is -2.29. The summed E-state index contributed by atoms with van der Waals surface area (Å²) in [6.45, 7) is 3.18. The molecule has 1 aliphatic heterocycles. The van der Waals surface area contributed by atoms with Crippen molar-refractivity contribution in [3.63, 3.8) is 0 Å². The van der Waals surface area contributed by atoms with Crippen molar-refractivity contribution in [2.24, 2.45) is 5.92 Å². The fourth-order valence-corrected chi connectivity index (χ4v) is 4.17. The van der Waals surface area contributed by atoms with Crippen molar-refractivity contribution in [3.05, 3.63) is 28.8 Å². The van der Waals surface area contributed by atoms with Gasteiger partial charge in [0, 0.05) is 31.0 Å². The van der Waals surface area contributed by atoms with E-state index < -0.39 is 10.0 Å². The van der Waals surface area contributed by atoms with Crippen LogP contribution in [0, 0.1) is 12.8 Å². The van der Waals surface area contributed by atoms with Gasteiger partial charge in [0.2, 0.25) is 10.0 Å². The summed E-state index contributed by atoms with van der Waals surface area (Å²) in [7, 11) is -1.95. The Hall–Kier alpha value is -0.820. The second kappa shape index (κ2) is 7.64. The molecule has 1 N–H and O–H groups in total. The minimum atomic E-state index is -3.50. The molecular weight excluding hydrogens is 326 g/mol. The molecule has 0 bridgehead atoms. The second-order valence-electron chi connectivity index (χ2n) is 5.57. The Morgan fingerprint density at radius 3 is 2.68 bits per heavy atom. The number of anilines is 1. The fraction of sp³-hybridized carbons (Fsp3) is 0.600. The smallest absolute Gasteiger partial charge is 0.235 e. The van der Waals surface area contributed by atoms with E-state index in [0.29, 0.717) is 23.9 Å². The van der Waals surface area contributed by atoms with Gasteiger partial charge < -0.3 is 9.47 Å². The monoisotopic (exact) mass is 347 g/mol. The number of benzene rings is 1. The normalized spacial score (nSPS) is 18.1. The van der Waals surface area contributed by atoms with Crippen LogP contribution in [0.1, 0.15) is 18.4 Å². The minimum Gasteiger partial charge on any atom is -0.381 e. The molecule has 0 spiro atoms. The molecule has 0 aromatic heterocycles. The largest absolute Gasteiger partial charge is 0.381 e. The number of sulfonamides is 1. The van der Waals surface area contributed by atoms with Crippen molar-refractivity contribution in [2.45, 2.75) is 25.9 Å². The molecule has 1 fully saturated rings. The van der Waals surface area contributed by atoms with E-state index in [0.717, 1.165) is 18.4 Å². The highest BCUT2D eigenvalue weighted by atomic mass is 35.5. The number of halogens is 1. The Morgan fingerprint density at radius 2 is 2.09 bits per heavy atom. The Bertz CT molecular complexity index is 600. The van der Waals surface area contributed by atoms with Gasteiger partial charge >= 0.3 is 0 Å². The van der Waals surface area contributed by atoms with E-state index in [1.807, 2.05) is 6.92 Å². The molecule has 1 saturated heterocycles. The van der Waals surface area contributed by atoms with Gasteiger partial charge in [-0.1, -0.05) is 17.7 Å². The van der Waals surface area contributed by atoms with Crippen LogP contribution in [0.3, 0.4) is 0 Å². The molecule has 124 valence electrons. The molecule has 1 heterocycles. The van der Waals surface area contributed by atoms with E-state index in [-0.39, 0.29) is 17.8 Å². The average molecular weight is 348 g/mol. The summed E-state index contributed by atoms with van der Waals surface area (Å²) in [6, 6.07) is 5.10. The predicted molar refractivity (Wildman–Crippen MR) is 87.9 cm³/mol. The van der Waals surface area contributed by atoms with Gasteiger partial charge in [-0.15, -0.1) is 0 Å². The fourth-order valence-electron chi connectivity index (χ4n) is 2.58. The Labute approximate surface area is 137 Å². The lowest BCUT2D eigenvalue weighted by atomic mass is 9.95. The van der Waals surface area contributed by atoms with Crippen LogP contribution in [0.4, 0.5) is 5.69 Å². The highest BCUT2D eigenvalue weighted by Crippen LogP contribution is 2.24. The first-order valence-electron chi connectivity index (χ1n) is 7.28. The predicted octanol–water partition coefficient (Wildman–Crippen LogP) is 2.83. The number of aryl methyl sites for hydroxylation is 1. The van der Waals surface area contributed by atoms with Crippen LogP contribution in [0.15, 0.2) is 18.2 Å². The van der Waals surface area contributed by atoms with Gasteiger partial charge in [0.25, 0.3) is 0 Å². The summed E-state index contributed by atoms with van der Waals surface area (Å²) in [5, 5.41) is 0.535. The minimum absolute atomic E-state index is 0.0698. The van der Waals surface area contributed by atoms with Gasteiger partial charge in [-0.25, -0.2) is 8.42 Å². The number of hydrogen-bond acceptors (Lipinski definition) is 4. The maximum absolute atomic E-state index is 12.3. The topological polar surface area (TPSA) is 64.6 Å². The van der Waals surface area contributed by atoms with E-state index in [9.17, 15) is 8.42 Å². The van der Waals surface area contributed by atoms with Crippen molar-refractivity contribution < 1.29 is 17.9 Å². The zero-order valence-corrected chi connectivity index (χ0v) is 14.4. The molecule has 22 heavy (non-hydrogen) atoms. The first kappa shape index (κ1) is 17.5. The van der Waals surface area contributed by atoms with E-state index in [1.165, 1.54) is 0 Å². The molecule has 0 unspecified atom stereocenters. The molecule has 0 radical (unpaired) electrons. The van der Waals surface area contributed by atoms with E-state index in [1.54, 1.807) is 25.3 Å². The Kier molecular flexibility index (Phi) is 6.09. The molecule has 0 saturated carbocycles. The van der Waals surface area contributed by atoms with Crippen LogP contribution < -0.4 is 4.72 Å². The summed E-state index contributed by atoms with van der Waals surface area (Å²) in [5.74, 6) is 0.136. The third-order valence-corrected chi connectivity index (χ3v) is 5.64. The average Bonchev–Trinajstić information content (AvgIpc) is 2.49. The van der Waals surface area contributed by atoms with Gasteiger partial charge in [-0.2, -0.15) is 0 Å². The SMILES string of the molecule is CO[C@H](CS(=O)(=O)Nc1ccc(C)c(Cl)c1)C1CCOCC1. The van der Waals surface area contributed by atoms with Crippen LogP contribution >= 0.6 is 11.6 Å². The first-order chi connectivity index (χ1) is 10.4. The van der Waals surface area contributed by atoms with Crippen molar-refractivity contribution >= 4 is 27.3 Å². The van der Waals surface area contributed by atoms with Crippen LogP contribution in [0.2, 0.25) is 5.02 Å². The van der Waals surface area contributed by atoms with Crippen LogP contribution in [-0.2, 0) is 19.5 Å². The summed E-state index contributed by atoms with van der Waals surface area (Å²) >= 11 is 6.02. The molecule has 0 amide bonds. The molecule has 1 aliphatic rings. The molecule has 1 aromatic rings. The van der Waals surface area contributed by atoms with Crippen LogP contribution in [0.25, 0.3) is 0 Å². The van der Waals surface area contributed by atoms with Gasteiger partial charge in [-0.3, -0.25) is 4.72 Å². The molecule has 5 nitrogen and oxygen atoms in total. The number of rotatable bonds is 6. The molecule has 2 rings (SSSR count). The number of ether oxygens (including phenoxy) is 2. The molecule has 1 atom stereocenters. The standard InChI is InChI=1S/C15H22ClNO4S/c1-11-3-4-13(9-14(11)16)17-22(18,19)10-15(20-2)12-5-7-21-8-6-12/h3-4,9,12,15,17H,5-8,10H2,1-2H3/t15-/m1/s1. The molecule has 7 heteroatoms. The zero-order chi connectivity index (χ0) is 16.2. The third-order valence-electron chi connectivity index (χ3n) is 3.92. The lowest BCUT2D eigenvalue weighted by molar-refractivity contribution is -0.00318. The van der Waals surface area contributed by atoms with Crippen molar-refractivity contribution in [1.82, 2.24) is 0 Å². The van der Waals surface area contributed by atoms with Crippen LogP contribution in [0.5, 0.6) is 0 Å². The maximum Gasteiger partial charge on any atom is 0.235 e. The van der Waals surface area contributed by atoms with Gasteiger partial charge in [0.15, 0.2) is 0 Å². The van der Waals surface area contributed by atoms with Crippen LogP contribution in [-0.4, -0.2) is 40.6 Å². The number of hydrogen-bond donors (Lipinski definition) is 1. The van der Waals surface area contributed by atoms with Crippen molar-refractivity contribution in [3.8, 4) is 0 Å². The van der Waals surface area contributed by atoms with E-state index >= 15 is 0 Å². The highest BCUT2D eigenvalue weighted by Gasteiger charge is 2.28. The third kappa shape index (κ3) is 4.84. The summed E-state index contributed by atoms with van der Waals surface area (Å²) in [5.41, 5.74) is 1.37. The van der Waals surface area contributed by atoms with E-state index in [4.69, 9.17) is 21.1 Å². The van der Waals surface area contributed by atoms with Gasteiger partial charge in [0.1, 0.15) is 0 Å². The van der Waals surface area contributed by atoms with Crippen molar-refractivity contribution in [2.75, 3.05) is 30.8 Å². The Balaban J connectivity index is 2.03. The molecule has 0 aliphatic carbocycles. The summed E-state index contributed by atoms with van der Waals surface area (Å²) in [4.78, 5) is 0. The second-order valence-corrected chi connectivity index (χ2v) is 7.75. The first-order valence-corrected chi connectivity index (χ1v) is 9.31. The summed E-state index contributed by atoms with van der Waals surface area (Å²) in [6.07, 6.45) is 1.32. The quantitative estimate of drug-likeness (QED) is 0.859. The van der Waals surface area contributed by atoms with Gasteiger partial charge in [0.05, 0.1) is 11.9 Å². The molecule has 1 aromatic carbocycles. The lowest BCUT2D eigenvalue weighted by Crippen LogP contribution is -2.36. The highest BCUT2D eigenvalue weighted by molar-refractivity contribution is 7.92. The Morgan fingerprint density at radius 1 is 1.41 bits per heavy atom. The molecular formula is C15H22ClNO4S. The van der Waals surface area contributed by atoms with Crippen molar-refractivity contribution in [1.29, 1.82) is 0 Å². The van der Waals surface area contributed by atoms with E-state index in [2.05, 4.69) is 4.72 Å². The number of nitrogens with one attached hydrogen (secondary N) is 1. The summed E-state index contributed by atoms with van der Waals surface area (Å²) < 4.78 is 38.0. The van der Waals surface area contributed by atoms with Gasteiger partial charge in [-0.05, 0) is 43.4 Å². The zero-order valence-electron chi connectivity index (χ0n) is 12.8. The maximum atomic E-state index is 12.3.